The van der Waals surface area contributed by atoms with Crippen molar-refractivity contribution in [1.82, 2.24) is 10.3 Å². The summed E-state index contributed by atoms with van der Waals surface area (Å²) in [6.07, 6.45) is 6.25. The first-order chi connectivity index (χ1) is 6.67. The fraction of sp³-hybridized carbons (Fsp3) is 0.583. The van der Waals surface area contributed by atoms with Crippen molar-refractivity contribution in [2.24, 2.45) is 0 Å². The monoisotopic (exact) mass is 190 g/mol. The molecule has 0 saturated carbocycles. The van der Waals surface area contributed by atoms with Crippen LogP contribution in [0.25, 0.3) is 0 Å². The van der Waals surface area contributed by atoms with E-state index in [9.17, 15) is 0 Å². The van der Waals surface area contributed by atoms with Gasteiger partial charge in [-0.3, -0.25) is 4.98 Å². The summed E-state index contributed by atoms with van der Waals surface area (Å²) in [4.78, 5) is 4.06. The molecule has 1 aromatic rings. The van der Waals surface area contributed by atoms with Crippen LogP contribution in [0.3, 0.4) is 0 Å². The lowest BCUT2D eigenvalue weighted by molar-refractivity contribution is 0.275. The van der Waals surface area contributed by atoms with E-state index in [-0.39, 0.29) is 5.54 Å². The molecule has 1 unspecified atom stereocenters. The van der Waals surface area contributed by atoms with Gasteiger partial charge in [0.05, 0.1) is 0 Å². The molecule has 0 spiro atoms. The van der Waals surface area contributed by atoms with Crippen molar-refractivity contribution in [2.75, 3.05) is 6.54 Å². The Morgan fingerprint density at radius 2 is 2.07 bits per heavy atom. The fourth-order valence-corrected chi connectivity index (χ4v) is 2.30. The second kappa shape index (κ2) is 3.70. The minimum absolute atomic E-state index is 0.284. The summed E-state index contributed by atoms with van der Waals surface area (Å²) >= 11 is 0. The van der Waals surface area contributed by atoms with Crippen LogP contribution in [0.2, 0.25) is 0 Å². The molecule has 2 heteroatoms. The predicted molar refractivity (Wildman–Crippen MR) is 58.3 cm³/mol. The molecule has 1 aliphatic heterocycles. The Kier molecular flexibility index (Phi) is 2.55. The Morgan fingerprint density at radius 3 is 2.71 bits per heavy atom. The SMILES string of the molecule is CC1(C)CC(c2ccncc2)CCN1. The van der Waals surface area contributed by atoms with Gasteiger partial charge in [-0.05, 0) is 56.8 Å². The largest absolute Gasteiger partial charge is 0.312 e. The van der Waals surface area contributed by atoms with Crippen LogP contribution in [-0.2, 0) is 0 Å². The zero-order chi connectivity index (χ0) is 10.0. The van der Waals surface area contributed by atoms with E-state index in [2.05, 4.69) is 36.3 Å². The van der Waals surface area contributed by atoms with Gasteiger partial charge in [0.2, 0.25) is 0 Å². The molecule has 2 rings (SSSR count). The number of piperidine rings is 1. The summed E-state index contributed by atoms with van der Waals surface area (Å²) in [7, 11) is 0. The summed E-state index contributed by atoms with van der Waals surface area (Å²) in [5.74, 6) is 0.703. The van der Waals surface area contributed by atoms with Crippen LogP contribution in [0.5, 0.6) is 0 Å². The Labute approximate surface area is 85.7 Å². The maximum Gasteiger partial charge on any atom is 0.0270 e. The quantitative estimate of drug-likeness (QED) is 0.735. The van der Waals surface area contributed by atoms with Crippen molar-refractivity contribution in [3.63, 3.8) is 0 Å². The maximum absolute atomic E-state index is 4.06. The summed E-state index contributed by atoms with van der Waals surface area (Å²) in [6.45, 7) is 5.68. The molecule has 1 N–H and O–H groups in total. The van der Waals surface area contributed by atoms with E-state index in [0.29, 0.717) is 5.92 Å². The topological polar surface area (TPSA) is 24.9 Å². The van der Waals surface area contributed by atoms with Crippen molar-refractivity contribution in [3.05, 3.63) is 30.1 Å². The fourth-order valence-electron chi connectivity index (χ4n) is 2.30. The zero-order valence-electron chi connectivity index (χ0n) is 8.96. The Balaban J connectivity index is 2.12. The Bertz CT molecular complexity index is 292. The lowest BCUT2D eigenvalue weighted by atomic mass is 9.81. The molecular formula is C12H18N2. The normalized spacial score (nSPS) is 26.0. The Hall–Kier alpha value is -0.890. The molecule has 2 nitrogen and oxygen atoms in total. The third-order valence-electron chi connectivity index (χ3n) is 3.03. The van der Waals surface area contributed by atoms with Gasteiger partial charge in [0.25, 0.3) is 0 Å². The first-order valence-corrected chi connectivity index (χ1v) is 5.32. The summed E-state index contributed by atoms with van der Waals surface area (Å²) in [6, 6.07) is 4.29. The van der Waals surface area contributed by atoms with Gasteiger partial charge in [0.1, 0.15) is 0 Å². The smallest absolute Gasteiger partial charge is 0.0270 e. The van der Waals surface area contributed by atoms with Crippen molar-refractivity contribution in [2.45, 2.75) is 38.1 Å². The standard InChI is InChI=1S/C12H18N2/c1-12(2)9-11(5-8-14-12)10-3-6-13-7-4-10/h3-4,6-7,11,14H,5,8-9H2,1-2H3. The van der Waals surface area contributed by atoms with Crippen LogP contribution < -0.4 is 5.32 Å². The molecule has 76 valence electrons. The van der Waals surface area contributed by atoms with Gasteiger partial charge < -0.3 is 5.32 Å². The lowest BCUT2D eigenvalue weighted by Crippen LogP contribution is -2.45. The second-order valence-corrected chi connectivity index (χ2v) is 4.78. The average molecular weight is 190 g/mol. The molecule has 0 radical (unpaired) electrons. The number of pyridine rings is 1. The highest BCUT2D eigenvalue weighted by molar-refractivity contribution is 5.17. The van der Waals surface area contributed by atoms with E-state index in [1.54, 1.807) is 0 Å². The predicted octanol–water partition coefficient (Wildman–Crippen LogP) is 2.33. The maximum atomic E-state index is 4.06. The number of nitrogens with one attached hydrogen (secondary N) is 1. The molecule has 1 saturated heterocycles. The number of aromatic nitrogens is 1. The first-order valence-electron chi connectivity index (χ1n) is 5.32. The second-order valence-electron chi connectivity index (χ2n) is 4.78. The molecule has 0 bridgehead atoms. The molecule has 1 aromatic heterocycles. The molecule has 0 aromatic carbocycles. The van der Waals surface area contributed by atoms with Crippen LogP contribution in [0.15, 0.2) is 24.5 Å². The highest BCUT2D eigenvalue weighted by Crippen LogP contribution is 2.31. The van der Waals surface area contributed by atoms with Gasteiger partial charge in [-0.2, -0.15) is 0 Å². The van der Waals surface area contributed by atoms with Gasteiger partial charge >= 0.3 is 0 Å². The molecule has 1 fully saturated rings. The first kappa shape index (κ1) is 9.66. The van der Waals surface area contributed by atoms with Gasteiger partial charge in [0.15, 0.2) is 0 Å². The molecule has 2 heterocycles. The highest BCUT2D eigenvalue weighted by atomic mass is 15.0. The number of hydrogen-bond acceptors (Lipinski definition) is 2. The van der Waals surface area contributed by atoms with Crippen LogP contribution >= 0.6 is 0 Å². The van der Waals surface area contributed by atoms with Crippen LogP contribution in [0, 0.1) is 0 Å². The minimum atomic E-state index is 0.284. The van der Waals surface area contributed by atoms with E-state index >= 15 is 0 Å². The third-order valence-corrected chi connectivity index (χ3v) is 3.03. The van der Waals surface area contributed by atoms with E-state index in [0.717, 1.165) is 6.54 Å². The van der Waals surface area contributed by atoms with Crippen molar-refractivity contribution >= 4 is 0 Å². The molecule has 0 amide bonds. The van der Waals surface area contributed by atoms with Crippen LogP contribution in [-0.4, -0.2) is 17.1 Å². The van der Waals surface area contributed by atoms with Crippen molar-refractivity contribution < 1.29 is 0 Å². The van der Waals surface area contributed by atoms with E-state index < -0.39 is 0 Å². The summed E-state index contributed by atoms with van der Waals surface area (Å²) in [5.41, 5.74) is 1.72. The van der Waals surface area contributed by atoms with Crippen LogP contribution in [0.4, 0.5) is 0 Å². The van der Waals surface area contributed by atoms with E-state index in [4.69, 9.17) is 0 Å². The molecule has 1 atom stereocenters. The summed E-state index contributed by atoms with van der Waals surface area (Å²) < 4.78 is 0. The van der Waals surface area contributed by atoms with E-state index in [1.807, 2.05) is 12.4 Å². The molecular weight excluding hydrogens is 172 g/mol. The van der Waals surface area contributed by atoms with Crippen molar-refractivity contribution in [3.8, 4) is 0 Å². The van der Waals surface area contributed by atoms with Gasteiger partial charge in [0, 0.05) is 17.9 Å². The number of nitrogens with zero attached hydrogens (tertiary/aromatic N) is 1. The van der Waals surface area contributed by atoms with Gasteiger partial charge in [-0.15, -0.1) is 0 Å². The average Bonchev–Trinajstić information content (AvgIpc) is 2.18. The van der Waals surface area contributed by atoms with Gasteiger partial charge in [-0.1, -0.05) is 0 Å². The number of rotatable bonds is 1. The van der Waals surface area contributed by atoms with E-state index in [1.165, 1.54) is 18.4 Å². The molecule has 1 aliphatic rings. The molecule has 0 aliphatic carbocycles. The third kappa shape index (κ3) is 2.13. The summed E-state index contributed by atoms with van der Waals surface area (Å²) in [5, 5.41) is 3.54. The molecule has 14 heavy (non-hydrogen) atoms. The number of hydrogen-bond donors (Lipinski definition) is 1. The lowest BCUT2D eigenvalue weighted by Gasteiger charge is -2.36. The Morgan fingerprint density at radius 1 is 1.36 bits per heavy atom. The van der Waals surface area contributed by atoms with Crippen LogP contribution in [0.1, 0.15) is 38.2 Å². The van der Waals surface area contributed by atoms with Gasteiger partial charge in [-0.25, -0.2) is 0 Å². The zero-order valence-corrected chi connectivity index (χ0v) is 8.96. The van der Waals surface area contributed by atoms with Crippen molar-refractivity contribution in [1.29, 1.82) is 0 Å². The highest BCUT2D eigenvalue weighted by Gasteiger charge is 2.27. The minimum Gasteiger partial charge on any atom is -0.312 e.